The van der Waals surface area contributed by atoms with E-state index in [0.717, 1.165) is 10.0 Å². The molecule has 0 heterocycles. The van der Waals surface area contributed by atoms with Crippen molar-refractivity contribution in [3.8, 4) is 0 Å². The molecule has 0 fully saturated rings. The van der Waals surface area contributed by atoms with E-state index in [1.54, 1.807) is 0 Å². The van der Waals surface area contributed by atoms with Crippen LogP contribution in [0.1, 0.15) is 5.56 Å². The minimum atomic E-state index is 0.213. The van der Waals surface area contributed by atoms with E-state index < -0.39 is 0 Å². The van der Waals surface area contributed by atoms with Crippen LogP contribution in [0.5, 0.6) is 0 Å². The number of rotatable bonds is 3. The second-order valence-electron chi connectivity index (χ2n) is 1.94. The van der Waals surface area contributed by atoms with Crippen LogP contribution in [0.25, 0.3) is 0 Å². The molecule has 11 heavy (non-hydrogen) atoms. The first kappa shape index (κ1) is 8.20. The molecule has 1 aromatic carbocycles. The van der Waals surface area contributed by atoms with Crippen molar-refractivity contribution in [3.05, 3.63) is 39.2 Å². The van der Waals surface area contributed by atoms with E-state index in [1.807, 2.05) is 24.3 Å². The Morgan fingerprint density at radius 2 is 2.18 bits per heavy atom. The quantitative estimate of drug-likeness (QED) is 0.575. The van der Waals surface area contributed by atoms with Crippen molar-refractivity contribution in [2.75, 3.05) is 0 Å². The molecule has 0 saturated heterocycles. The first-order valence-electron chi connectivity index (χ1n) is 3.02. The Bertz CT molecular complexity index is 252. The lowest BCUT2D eigenvalue weighted by atomic mass is 10.2. The summed E-state index contributed by atoms with van der Waals surface area (Å²) in [4.78, 5) is 13.9. The lowest BCUT2D eigenvalue weighted by Gasteiger charge is -1.98. The molecule has 0 aliphatic carbocycles. The highest BCUT2D eigenvalue weighted by Gasteiger charge is 1.97. The lowest BCUT2D eigenvalue weighted by Crippen LogP contribution is -1.86. The fourth-order valence-corrected chi connectivity index (χ4v) is 1.11. The van der Waals surface area contributed by atoms with E-state index >= 15 is 0 Å². The number of hydrogen-bond acceptors (Lipinski definition) is 3. The Kier molecular flexibility index (Phi) is 3.04. The van der Waals surface area contributed by atoms with Gasteiger partial charge < -0.3 is 4.84 Å². The molecule has 0 aliphatic rings. The molecule has 0 bridgehead atoms. The number of halogens is 1. The van der Waals surface area contributed by atoms with Crippen molar-refractivity contribution >= 4 is 15.9 Å². The minimum absolute atomic E-state index is 0.213. The Morgan fingerprint density at radius 1 is 1.45 bits per heavy atom. The minimum Gasteiger partial charge on any atom is -0.359 e. The number of benzene rings is 1. The molecule has 3 nitrogen and oxygen atoms in total. The highest BCUT2D eigenvalue weighted by molar-refractivity contribution is 9.10. The first-order valence-corrected chi connectivity index (χ1v) is 3.82. The van der Waals surface area contributed by atoms with E-state index in [1.165, 1.54) is 0 Å². The molecule has 0 spiro atoms. The van der Waals surface area contributed by atoms with E-state index in [4.69, 9.17) is 0 Å². The van der Waals surface area contributed by atoms with Gasteiger partial charge in [-0.2, -0.15) is 0 Å². The van der Waals surface area contributed by atoms with Crippen LogP contribution in [0, 0.1) is 4.91 Å². The van der Waals surface area contributed by atoms with Crippen molar-refractivity contribution in [2.24, 2.45) is 5.34 Å². The van der Waals surface area contributed by atoms with E-state index in [-0.39, 0.29) is 6.61 Å². The van der Waals surface area contributed by atoms with Gasteiger partial charge in [-0.1, -0.05) is 34.1 Å². The number of nitrogens with zero attached hydrogens (tertiary/aromatic N) is 1. The lowest BCUT2D eigenvalue weighted by molar-refractivity contribution is 0.125. The summed E-state index contributed by atoms with van der Waals surface area (Å²) in [5.74, 6) is 0. The summed E-state index contributed by atoms with van der Waals surface area (Å²) in [5, 5.41) is 2.30. The summed E-state index contributed by atoms with van der Waals surface area (Å²) < 4.78 is 0.920. The van der Waals surface area contributed by atoms with Gasteiger partial charge in [0.25, 0.3) is 0 Å². The van der Waals surface area contributed by atoms with Crippen LogP contribution < -0.4 is 0 Å². The molecular weight excluding hydrogens is 210 g/mol. The molecule has 1 aromatic rings. The molecule has 0 aliphatic heterocycles. The van der Waals surface area contributed by atoms with Gasteiger partial charge in [-0.05, 0) is 6.07 Å². The molecule has 0 unspecified atom stereocenters. The van der Waals surface area contributed by atoms with Crippen LogP contribution >= 0.6 is 15.9 Å². The zero-order valence-corrected chi connectivity index (χ0v) is 7.24. The van der Waals surface area contributed by atoms with Gasteiger partial charge in [-0.15, -0.1) is 4.91 Å². The Hall–Kier alpha value is -0.900. The smallest absolute Gasteiger partial charge is 0.155 e. The van der Waals surface area contributed by atoms with E-state index in [9.17, 15) is 4.91 Å². The molecule has 0 N–H and O–H groups in total. The van der Waals surface area contributed by atoms with Gasteiger partial charge in [0.1, 0.15) is 6.61 Å². The SMILES string of the molecule is O=NOCc1ccccc1Br. The largest absolute Gasteiger partial charge is 0.359 e. The fraction of sp³-hybridized carbons (Fsp3) is 0.143. The normalized spacial score (nSPS) is 9.18. The molecule has 0 radical (unpaired) electrons. The maximum absolute atomic E-state index is 9.60. The summed E-state index contributed by atoms with van der Waals surface area (Å²) in [5.41, 5.74) is 0.909. The van der Waals surface area contributed by atoms with Crippen molar-refractivity contribution in [1.82, 2.24) is 0 Å². The predicted octanol–water partition coefficient (Wildman–Crippen LogP) is 2.65. The van der Waals surface area contributed by atoms with Gasteiger partial charge in [0.2, 0.25) is 0 Å². The van der Waals surface area contributed by atoms with Gasteiger partial charge in [0.15, 0.2) is 5.34 Å². The topological polar surface area (TPSA) is 38.7 Å². The molecule has 0 atom stereocenters. The monoisotopic (exact) mass is 215 g/mol. The van der Waals surface area contributed by atoms with Gasteiger partial charge >= 0.3 is 0 Å². The van der Waals surface area contributed by atoms with Crippen LogP contribution in [0.3, 0.4) is 0 Å². The zero-order chi connectivity index (χ0) is 8.10. The molecule has 0 aromatic heterocycles. The summed E-state index contributed by atoms with van der Waals surface area (Å²) in [6.45, 7) is 0.213. The third-order valence-corrected chi connectivity index (χ3v) is 2.00. The van der Waals surface area contributed by atoms with Crippen molar-refractivity contribution < 1.29 is 4.84 Å². The Labute approximate surface area is 72.4 Å². The van der Waals surface area contributed by atoms with Crippen LogP contribution in [0.4, 0.5) is 0 Å². The van der Waals surface area contributed by atoms with Crippen LogP contribution in [-0.4, -0.2) is 0 Å². The van der Waals surface area contributed by atoms with Gasteiger partial charge in [0, 0.05) is 10.0 Å². The highest BCUT2D eigenvalue weighted by Crippen LogP contribution is 2.16. The molecule has 0 amide bonds. The van der Waals surface area contributed by atoms with E-state index in [2.05, 4.69) is 26.1 Å². The molecule has 1 rings (SSSR count). The molecular formula is C7H6BrNO2. The molecule has 4 heteroatoms. The van der Waals surface area contributed by atoms with Crippen molar-refractivity contribution in [2.45, 2.75) is 6.61 Å². The predicted molar refractivity (Wildman–Crippen MR) is 44.7 cm³/mol. The van der Waals surface area contributed by atoms with Crippen LogP contribution in [0.2, 0.25) is 0 Å². The summed E-state index contributed by atoms with van der Waals surface area (Å²) in [6, 6.07) is 7.49. The first-order chi connectivity index (χ1) is 5.34. The average molecular weight is 216 g/mol. The fourth-order valence-electron chi connectivity index (χ4n) is 0.711. The van der Waals surface area contributed by atoms with Gasteiger partial charge in [-0.3, -0.25) is 0 Å². The average Bonchev–Trinajstić information content (AvgIpc) is 2.03. The highest BCUT2D eigenvalue weighted by atomic mass is 79.9. The maximum Gasteiger partial charge on any atom is 0.155 e. The van der Waals surface area contributed by atoms with Crippen molar-refractivity contribution in [3.63, 3.8) is 0 Å². The summed E-state index contributed by atoms with van der Waals surface area (Å²) in [7, 11) is 0. The second kappa shape index (κ2) is 4.08. The van der Waals surface area contributed by atoms with E-state index in [0.29, 0.717) is 0 Å². The van der Waals surface area contributed by atoms with Crippen LogP contribution in [0.15, 0.2) is 34.1 Å². The third-order valence-electron chi connectivity index (χ3n) is 1.23. The van der Waals surface area contributed by atoms with Gasteiger partial charge in [0.05, 0.1) is 0 Å². The molecule has 0 saturated carbocycles. The summed E-state index contributed by atoms with van der Waals surface area (Å²) >= 11 is 3.30. The summed E-state index contributed by atoms with van der Waals surface area (Å²) in [6.07, 6.45) is 0. The Morgan fingerprint density at radius 3 is 2.82 bits per heavy atom. The Balaban J connectivity index is 2.69. The maximum atomic E-state index is 9.60. The molecule has 58 valence electrons. The van der Waals surface area contributed by atoms with Gasteiger partial charge in [-0.25, -0.2) is 0 Å². The zero-order valence-electron chi connectivity index (χ0n) is 5.66. The third kappa shape index (κ3) is 2.31. The second-order valence-corrected chi connectivity index (χ2v) is 2.79. The number of hydrogen-bond donors (Lipinski definition) is 0. The van der Waals surface area contributed by atoms with Crippen molar-refractivity contribution in [1.29, 1.82) is 0 Å². The standard InChI is InChI=1S/C7H6BrNO2/c8-7-4-2-1-3-6(7)5-11-9-10/h1-4H,5H2. The van der Waals surface area contributed by atoms with Crippen LogP contribution in [-0.2, 0) is 11.4 Å².